The van der Waals surface area contributed by atoms with E-state index in [0.29, 0.717) is 0 Å². The Bertz CT molecular complexity index is 3310. The van der Waals surface area contributed by atoms with Crippen LogP contribution in [0.4, 0.5) is 0 Å². The zero-order valence-electron chi connectivity index (χ0n) is 29.0. The van der Waals surface area contributed by atoms with E-state index in [1.165, 1.54) is 59.8 Å². The van der Waals surface area contributed by atoms with Crippen molar-refractivity contribution < 1.29 is 0 Å². The highest BCUT2D eigenvalue weighted by Crippen LogP contribution is 2.42. The molecule has 11 rings (SSSR count). The molecule has 53 heavy (non-hydrogen) atoms. The van der Waals surface area contributed by atoms with Crippen molar-refractivity contribution in [2.24, 2.45) is 0 Å². The summed E-state index contributed by atoms with van der Waals surface area (Å²) in [5, 5.41) is 13.2. The predicted molar refractivity (Wildman–Crippen MR) is 223 cm³/mol. The predicted octanol–water partition coefficient (Wildman–Crippen LogP) is 13.3. The molecule has 3 heteroatoms. The Morgan fingerprint density at radius 3 is 1.89 bits per heavy atom. The van der Waals surface area contributed by atoms with E-state index in [9.17, 15) is 0 Å². The fourth-order valence-electron chi connectivity index (χ4n) is 8.56. The van der Waals surface area contributed by atoms with Gasteiger partial charge in [-0.3, -0.25) is 9.97 Å². The third kappa shape index (κ3) is 4.57. The van der Waals surface area contributed by atoms with Crippen LogP contribution in [-0.4, -0.2) is 15.0 Å². The van der Waals surface area contributed by atoms with Crippen LogP contribution in [0.2, 0.25) is 0 Å². The minimum Gasteiger partial charge on any atom is -0.254 e. The summed E-state index contributed by atoms with van der Waals surface area (Å²) in [7, 11) is 0. The molecule has 0 radical (unpaired) electrons. The maximum atomic E-state index is 5.53. The SMILES string of the molecule is Cc1cc(-c2cccc(-c3nc4c5ccccc5c5ccccc5c4c4ccccc34)c2)cc2cc(-c3ccnc4c3ccc3cccnc34)ccc12. The number of aryl methyl sites for hydroxylation is 1. The average Bonchev–Trinajstić information content (AvgIpc) is 3.22. The van der Waals surface area contributed by atoms with Crippen molar-refractivity contribution in [2.45, 2.75) is 6.92 Å². The van der Waals surface area contributed by atoms with Crippen LogP contribution in [0.5, 0.6) is 0 Å². The number of aromatic nitrogens is 3. The fraction of sp³-hybridized carbons (Fsp3) is 0.0200. The zero-order chi connectivity index (χ0) is 35.0. The normalized spacial score (nSPS) is 11.9. The molecule has 0 N–H and O–H groups in total. The number of pyridine rings is 3. The molecule has 3 heterocycles. The standard InChI is InChI=1S/C50H31N3/c1-30-26-35(29-36-28-33(20-21-37(30)36)38-23-25-52-50-45(38)22-19-31-12-9-24-51-48(31)50)32-10-8-11-34(27-32)47-44-18-7-5-16-42(44)46-41-15-4-2-13-39(41)40-14-3-6-17-43(40)49(46)53-47/h2-29H,1H3. The second kappa shape index (κ2) is 11.5. The van der Waals surface area contributed by atoms with Crippen LogP contribution in [0, 0.1) is 6.92 Å². The maximum absolute atomic E-state index is 5.53. The minimum absolute atomic E-state index is 0.929. The van der Waals surface area contributed by atoms with Crippen molar-refractivity contribution in [3.8, 4) is 33.5 Å². The summed E-state index contributed by atoms with van der Waals surface area (Å²) < 4.78 is 0. The van der Waals surface area contributed by atoms with Crippen molar-refractivity contribution in [3.63, 3.8) is 0 Å². The van der Waals surface area contributed by atoms with Gasteiger partial charge in [0, 0.05) is 44.9 Å². The summed E-state index contributed by atoms with van der Waals surface area (Å²) in [6.45, 7) is 2.21. The van der Waals surface area contributed by atoms with E-state index in [4.69, 9.17) is 9.97 Å². The summed E-state index contributed by atoms with van der Waals surface area (Å²) in [6, 6.07) is 57.0. The Labute approximate surface area is 305 Å². The molecule has 0 aliphatic rings. The number of rotatable bonds is 3. The highest BCUT2D eigenvalue weighted by Gasteiger charge is 2.17. The Hall–Kier alpha value is -6.97. The largest absolute Gasteiger partial charge is 0.254 e. The van der Waals surface area contributed by atoms with Crippen molar-refractivity contribution in [3.05, 3.63) is 176 Å². The van der Waals surface area contributed by atoms with Gasteiger partial charge in [0.25, 0.3) is 0 Å². The van der Waals surface area contributed by atoms with Gasteiger partial charge in [-0.1, -0.05) is 127 Å². The number of nitrogens with zero attached hydrogens (tertiary/aromatic N) is 3. The molecule has 0 spiro atoms. The molecule has 0 atom stereocenters. The molecule has 0 amide bonds. The topological polar surface area (TPSA) is 38.7 Å². The van der Waals surface area contributed by atoms with Gasteiger partial charge in [-0.15, -0.1) is 0 Å². The lowest BCUT2D eigenvalue weighted by atomic mass is 9.91. The van der Waals surface area contributed by atoms with Crippen LogP contribution in [0.15, 0.2) is 170 Å². The van der Waals surface area contributed by atoms with Gasteiger partial charge in [-0.25, -0.2) is 4.98 Å². The van der Waals surface area contributed by atoms with Gasteiger partial charge in [0.05, 0.1) is 22.2 Å². The van der Waals surface area contributed by atoms with Gasteiger partial charge in [0.15, 0.2) is 0 Å². The minimum atomic E-state index is 0.929. The van der Waals surface area contributed by atoms with E-state index in [1.807, 2.05) is 18.5 Å². The smallest absolute Gasteiger partial charge is 0.0970 e. The molecule has 0 unspecified atom stereocenters. The molecule has 3 nitrogen and oxygen atoms in total. The van der Waals surface area contributed by atoms with Gasteiger partial charge < -0.3 is 0 Å². The fourth-order valence-corrected chi connectivity index (χ4v) is 8.56. The van der Waals surface area contributed by atoms with Crippen molar-refractivity contribution in [2.75, 3.05) is 0 Å². The zero-order valence-corrected chi connectivity index (χ0v) is 29.0. The molecule has 0 aliphatic heterocycles. The first-order valence-electron chi connectivity index (χ1n) is 18.1. The summed E-state index contributed by atoms with van der Waals surface area (Å²) in [4.78, 5) is 15.0. The van der Waals surface area contributed by atoms with Crippen molar-refractivity contribution >= 4 is 75.8 Å². The number of hydrogen-bond donors (Lipinski definition) is 0. The van der Waals surface area contributed by atoms with Crippen molar-refractivity contribution in [1.82, 2.24) is 15.0 Å². The second-order valence-corrected chi connectivity index (χ2v) is 14.0. The molecule has 11 aromatic rings. The third-order valence-electron chi connectivity index (χ3n) is 11.0. The first-order valence-corrected chi connectivity index (χ1v) is 18.1. The van der Waals surface area contributed by atoms with Crippen LogP contribution >= 0.6 is 0 Å². The lowest BCUT2D eigenvalue weighted by molar-refractivity contribution is 1.37. The molecule has 0 bridgehead atoms. The first kappa shape index (κ1) is 29.7. The van der Waals surface area contributed by atoms with E-state index >= 15 is 0 Å². The van der Waals surface area contributed by atoms with Gasteiger partial charge in [0.2, 0.25) is 0 Å². The molecule has 246 valence electrons. The summed E-state index contributed by atoms with van der Waals surface area (Å²) in [6.07, 6.45) is 3.74. The number of fused-ring (bicyclic) bond motifs is 12. The van der Waals surface area contributed by atoms with E-state index < -0.39 is 0 Å². The van der Waals surface area contributed by atoms with Crippen LogP contribution < -0.4 is 0 Å². The van der Waals surface area contributed by atoms with Gasteiger partial charge in [-0.2, -0.15) is 0 Å². The molecule has 3 aromatic heterocycles. The van der Waals surface area contributed by atoms with Crippen LogP contribution in [-0.2, 0) is 0 Å². The molecule has 0 aliphatic carbocycles. The quantitative estimate of drug-likeness (QED) is 0.175. The lowest BCUT2D eigenvalue weighted by Gasteiger charge is -2.16. The molecular formula is C50H31N3. The Morgan fingerprint density at radius 2 is 1.04 bits per heavy atom. The third-order valence-corrected chi connectivity index (χ3v) is 11.0. The summed E-state index contributed by atoms with van der Waals surface area (Å²) >= 11 is 0. The molecule has 0 saturated carbocycles. The Balaban J connectivity index is 1.09. The highest BCUT2D eigenvalue weighted by atomic mass is 14.7. The average molecular weight is 674 g/mol. The van der Waals surface area contributed by atoms with Crippen LogP contribution in [0.1, 0.15) is 5.56 Å². The molecular weight excluding hydrogens is 643 g/mol. The Kier molecular flexibility index (Phi) is 6.47. The van der Waals surface area contributed by atoms with Crippen LogP contribution in [0.3, 0.4) is 0 Å². The molecule has 8 aromatic carbocycles. The Morgan fingerprint density at radius 1 is 0.358 bits per heavy atom. The van der Waals surface area contributed by atoms with Crippen LogP contribution in [0.25, 0.3) is 109 Å². The maximum Gasteiger partial charge on any atom is 0.0970 e. The van der Waals surface area contributed by atoms with E-state index in [-0.39, 0.29) is 0 Å². The summed E-state index contributed by atoms with van der Waals surface area (Å²) in [5.74, 6) is 0. The van der Waals surface area contributed by atoms with Gasteiger partial charge in [-0.05, 0) is 97.4 Å². The highest BCUT2D eigenvalue weighted by molar-refractivity contribution is 6.31. The lowest BCUT2D eigenvalue weighted by Crippen LogP contribution is -1.93. The summed E-state index contributed by atoms with van der Waals surface area (Å²) in [5.41, 5.74) is 10.9. The molecule has 0 saturated heterocycles. The van der Waals surface area contributed by atoms with Crippen molar-refractivity contribution in [1.29, 1.82) is 0 Å². The number of benzene rings is 8. The molecule has 0 fully saturated rings. The van der Waals surface area contributed by atoms with E-state index in [1.54, 1.807) is 0 Å². The van der Waals surface area contributed by atoms with E-state index in [0.717, 1.165) is 55.1 Å². The van der Waals surface area contributed by atoms with Gasteiger partial charge >= 0.3 is 0 Å². The second-order valence-electron chi connectivity index (χ2n) is 14.0. The first-order chi connectivity index (χ1) is 26.2. The monoisotopic (exact) mass is 673 g/mol. The van der Waals surface area contributed by atoms with E-state index in [2.05, 4.69) is 164 Å². The van der Waals surface area contributed by atoms with Gasteiger partial charge in [0.1, 0.15) is 0 Å². The number of hydrogen-bond acceptors (Lipinski definition) is 3.